The smallest absolute Gasteiger partial charge is 0.329 e. The average molecular weight is 624 g/mol. The number of nitrogens with zero attached hydrogens (tertiary/aromatic N) is 6. The van der Waals surface area contributed by atoms with Crippen LogP contribution in [0.25, 0.3) is 22.5 Å². The van der Waals surface area contributed by atoms with Crippen LogP contribution < -0.4 is 20.6 Å². The number of pyridine rings is 2. The van der Waals surface area contributed by atoms with Crippen molar-refractivity contribution in [3.05, 3.63) is 82.5 Å². The van der Waals surface area contributed by atoms with Crippen molar-refractivity contribution in [2.75, 3.05) is 51.3 Å². The number of benzene rings is 1. The third kappa shape index (κ3) is 6.44. The van der Waals surface area contributed by atoms with Crippen LogP contribution in [0.15, 0.2) is 65.6 Å². The number of rotatable bonds is 10. The summed E-state index contributed by atoms with van der Waals surface area (Å²) in [6.45, 7) is 8.71. The van der Waals surface area contributed by atoms with Crippen molar-refractivity contribution in [2.45, 2.75) is 58.5 Å². The number of ether oxygens (including phenoxy) is 1. The molecule has 4 heterocycles. The summed E-state index contributed by atoms with van der Waals surface area (Å²) in [4.78, 5) is 42.8. The number of methoxy groups -OCH3 is 1. The summed E-state index contributed by atoms with van der Waals surface area (Å²) in [5.41, 5.74) is 4.48. The van der Waals surface area contributed by atoms with Gasteiger partial charge in [-0.05, 0) is 50.5 Å². The summed E-state index contributed by atoms with van der Waals surface area (Å²) < 4.78 is 8.97. The number of piperazine rings is 1. The Morgan fingerprint density at radius 2 is 1.72 bits per heavy atom. The number of carbonyl (C=O) groups is 1. The highest BCUT2D eigenvalue weighted by atomic mass is 16.5. The number of anilines is 1. The van der Waals surface area contributed by atoms with E-state index in [0.29, 0.717) is 24.7 Å². The minimum absolute atomic E-state index is 0.0527. The summed E-state index contributed by atoms with van der Waals surface area (Å²) in [5.74, 6) is 1.26. The largest absolute Gasteiger partial charge is 0.481 e. The van der Waals surface area contributed by atoms with Gasteiger partial charge in [-0.2, -0.15) is 0 Å². The predicted octanol–water partition coefficient (Wildman–Crippen LogP) is 5.23. The summed E-state index contributed by atoms with van der Waals surface area (Å²) in [7, 11) is 1.60. The number of nitrogens with one attached hydrogen (secondary N) is 1. The molecule has 0 atom stereocenters. The van der Waals surface area contributed by atoms with Gasteiger partial charge in [0.2, 0.25) is 5.88 Å². The number of carbonyl (C=O) groups excluding carboxylic acids is 1. The second-order valence-corrected chi connectivity index (χ2v) is 12.1. The topological polar surface area (TPSA) is 97.5 Å². The van der Waals surface area contributed by atoms with Gasteiger partial charge in [0.15, 0.2) is 0 Å². The predicted molar refractivity (Wildman–Crippen MR) is 182 cm³/mol. The van der Waals surface area contributed by atoms with E-state index in [-0.39, 0.29) is 24.2 Å². The molecule has 0 bridgehead atoms. The highest BCUT2D eigenvalue weighted by Gasteiger charge is 2.33. The molecule has 46 heavy (non-hydrogen) atoms. The molecule has 2 fully saturated rings. The summed E-state index contributed by atoms with van der Waals surface area (Å²) in [6.07, 6.45) is 6.95. The van der Waals surface area contributed by atoms with Crippen LogP contribution in [0.1, 0.15) is 68.0 Å². The molecule has 10 nitrogen and oxygen atoms in total. The van der Waals surface area contributed by atoms with Crippen LogP contribution in [0.5, 0.6) is 5.88 Å². The summed E-state index contributed by atoms with van der Waals surface area (Å²) in [6, 6.07) is 17.9. The van der Waals surface area contributed by atoms with E-state index in [4.69, 9.17) is 9.72 Å². The first-order valence-corrected chi connectivity index (χ1v) is 16.7. The fraction of sp³-hybridized carbons (Fsp3) is 0.444. The molecule has 2 aliphatic rings. The lowest BCUT2D eigenvalue weighted by atomic mass is 9.94. The van der Waals surface area contributed by atoms with E-state index in [1.165, 1.54) is 6.42 Å². The molecule has 0 spiro atoms. The Morgan fingerprint density at radius 3 is 2.37 bits per heavy atom. The Labute approximate surface area is 271 Å². The molecule has 3 aromatic heterocycles. The zero-order chi connectivity index (χ0) is 32.0. The van der Waals surface area contributed by atoms with E-state index in [1.807, 2.05) is 58.0 Å². The highest BCUT2D eigenvalue weighted by Crippen LogP contribution is 2.35. The van der Waals surface area contributed by atoms with Crippen molar-refractivity contribution in [1.29, 1.82) is 0 Å². The van der Waals surface area contributed by atoms with Crippen molar-refractivity contribution in [1.82, 2.24) is 29.3 Å². The molecule has 1 aliphatic heterocycles. The second-order valence-electron chi connectivity index (χ2n) is 12.1. The van der Waals surface area contributed by atoms with Gasteiger partial charge in [0, 0.05) is 68.7 Å². The van der Waals surface area contributed by atoms with Crippen LogP contribution in [0.4, 0.5) is 5.82 Å². The van der Waals surface area contributed by atoms with Crippen molar-refractivity contribution in [3.63, 3.8) is 0 Å². The van der Waals surface area contributed by atoms with Gasteiger partial charge in [0.1, 0.15) is 11.5 Å². The normalized spacial score (nSPS) is 15.6. The monoisotopic (exact) mass is 623 g/mol. The highest BCUT2D eigenvalue weighted by molar-refractivity contribution is 5.99. The average Bonchev–Trinajstić information content (AvgIpc) is 3.40. The first-order chi connectivity index (χ1) is 22.5. The summed E-state index contributed by atoms with van der Waals surface area (Å²) in [5, 5.41) is 3.35. The van der Waals surface area contributed by atoms with E-state index in [2.05, 4.69) is 35.1 Å². The minimum atomic E-state index is -0.127. The third-order valence-corrected chi connectivity index (χ3v) is 9.31. The lowest BCUT2D eigenvalue weighted by molar-refractivity contribution is 0.0725. The maximum absolute atomic E-state index is 14.7. The quantitative estimate of drug-likeness (QED) is 0.259. The molecule has 0 unspecified atom stereocenters. The molecular weight excluding hydrogens is 578 g/mol. The van der Waals surface area contributed by atoms with Gasteiger partial charge >= 0.3 is 5.69 Å². The molecule has 4 aromatic rings. The van der Waals surface area contributed by atoms with Crippen molar-refractivity contribution < 1.29 is 9.53 Å². The molecule has 1 aliphatic carbocycles. The molecule has 0 radical (unpaired) electrons. The minimum Gasteiger partial charge on any atom is -0.481 e. The molecule has 1 saturated heterocycles. The Morgan fingerprint density at radius 1 is 0.978 bits per heavy atom. The number of imidazole rings is 1. The van der Waals surface area contributed by atoms with E-state index in [9.17, 15) is 9.59 Å². The standard InChI is InChI=1S/C36H45N7O3/c1-4-40(5-2)31-23-26(22-30(39-31)28-16-17-32(46-3)38-24-28)25-42-34(35(44)41-20-18-37-19-21-41)33(27-12-8-6-9-13-27)43(36(42)45)29-14-10-7-11-15-29/h6,8-9,12-13,16-17,22-24,29,37H,4-5,7,10-11,14-15,18-21,25H2,1-3H3. The molecular formula is C36H45N7O3. The van der Waals surface area contributed by atoms with Crippen LogP contribution in [0.2, 0.25) is 0 Å². The van der Waals surface area contributed by atoms with Crippen molar-refractivity contribution in [2.24, 2.45) is 0 Å². The maximum Gasteiger partial charge on any atom is 0.329 e. The van der Waals surface area contributed by atoms with Gasteiger partial charge < -0.3 is 19.9 Å². The van der Waals surface area contributed by atoms with Crippen molar-refractivity contribution >= 4 is 11.7 Å². The zero-order valence-electron chi connectivity index (χ0n) is 27.2. The molecule has 1 aromatic carbocycles. The molecule has 1 saturated carbocycles. The van der Waals surface area contributed by atoms with Gasteiger partial charge in [-0.1, -0.05) is 49.6 Å². The first-order valence-electron chi connectivity index (χ1n) is 16.7. The van der Waals surface area contributed by atoms with Gasteiger partial charge in [-0.25, -0.2) is 14.8 Å². The molecule has 242 valence electrons. The Kier molecular flexibility index (Phi) is 9.82. The van der Waals surface area contributed by atoms with Crippen LogP contribution in [-0.4, -0.2) is 76.3 Å². The van der Waals surface area contributed by atoms with E-state index in [1.54, 1.807) is 17.9 Å². The van der Waals surface area contributed by atoms with Gasteiger partial charge in [0.05, 0.1) is 25.0 Å². The van der Waals surface area contributed by atoms with Crippen LogP contribution in [-0.2, 0) is 6.54 Å². The third-order valence-electron chi connectivity index (χ3n) is 9.31. The first kappa shape index (κ1) is 31.5. The number of amides is 1. The number of hydrogen-bond donors (Lipinski definition) is 1. The summed E-state index contributed by atoms with van der Waals surface area (Å²) >= 11 is 0. The lowest BCUT2D eigenvalue weighted by Gasteiger charge is -2.28. The van der Waals surface area contributed by atoms with Crippen LogP contribution in [0, 0.1) is 0 Å². The number of hydrogen-bond acceptors (Lipinski definition) is 7. The van der Waals surface area contributed by atoms with Crippen LogP contribution >= 0.6 is 0 Å². The van der Waals surface area contributed by atoms with Crippen LogP contribution in [0.3, 0.4) is 0 Å². The second kappa shape index (κ2) is 14.3. The van der Waals surface area contributed by atoms with E-state index < -0.39 is 0 Å². The molecule has 1 N–H and O–H groups in total. The molecule has 10 heteroatoms. The molecule has 6 rings (SSSR count). The fourth-order valence-electron chi connectivity index (χ4n) is 6.85. The van der Waals surface area contributed by atoms with Gasteiger partial charge in [0.25, 0.3) is 5.91 Å². The van der Waals surface area contributed by atoms with E-state index in [0.717, 1.165) is 85.8 Å². The molecule has 1 amide bonds. The lowest BCUT2D eigenvalue weighted by Crippen LogP contribution is -2.47. The van der Waals surface area contributed by atoms with E-state index >= 15 is 0 Å². The Hall–Kier alpha value is -4.44. The fourth-order valence-corrected chi connectivity index (χ4v) is 6.85. The van der Waals surface area contributed by atoms with Gasteiger partial charge in [-0.15, -0.1) is 0 Å². The Bertz CT molecular complexity index is 1680. The zero-order valence-corrected chi connectivity index (χ0v) is 27.2. The van der Waals surface area contributed by atoms with Crippen molar-refractivity contribution in [3.8, 4) is 28.4 Å². The Balaban J connectivity index is 1.54. The number of aromatic nitrogens is 4. The van der Waals surface area contributed by atoms with Gasteiger partial charge in [-0.3, -0.25) is 13.9 Å². The maximum atomic E-state index is 14.7. The SMILES string of the molecule is CCN(CC)c1cc(Cn2c(C(=O)N3CCNCC3)c(-c3ccccc3)n(C3CCCCC3)c2=O)cc(-c2ccc(OC)nc2)n1.